The predicted octanol–water partition coefficient (Wildman–Crippen LogP) is 4.63. The SMILES string of the molecule is COc1ccc(S(=O)(=O)N(CC(=O)NC23CC4CC(CC(C4)C2)C3)c2cccc(Cl)c2)cc1. The summed E-state index contributed by atoms with van der Waals surface area (Å²) >= 11 is 6.17. The van der Waals surface area contributed by atoms with Crippen molar-refractivity contribution in [3.8, 4) is 5.75 Å². The highest BCUT2D eigenvalue weighted by Gasteiger charge is 2.51. The number of hydrogen-bond acceptors (Lipinski definition) is 4. The van der Waals surface area contributed by atoms with Crippen molar-refractivity contribution < 1.29 is 17.9 Å². The van der Waals surface area contributed by atoms with Crippen LogP contribution in [-0.2, 0) is 14.8 Å². The summed E-state index contributed by atoms with van der Waals surface area (Å²) in [5.41, 5.74) is 0.175. The molecule has 33 heavy (non-hydrogen) atoms. The monoisotopic (exact) mass is 488 g/mol. The highest BCUT2D eigenvalue weighted by molar-refractivity contribution is 7.92. The van der Waals surface area contributed by atoms with Crippen LogP contribution in [0.4, 0.5) is 5.69 Å². The molecule has 6 nitrogen and oxygen atoms in total. The number of benzene rings is 2. The summed E-state index contributed by atoms with van der Waals surface area (Å²) in [7, 11) is -2.47. The number of methoxy groups -OCH3 is 1. The van der Waals surface area contributed by atoms with E-state index in [9.17, 15) is 13.2 Å². The first-order valence-electron chi connectivity index (χ1n) is 11.5. The lowest BCUT2D eigenvalue weighted by Crippen LogP contribution is -2.61. The lowest BCUT2D eigenvalue weighted by atomic mass is 9.53. The summed E-state index contributed by atoms with van der Waals surface area (Å²) in [5.74, 6) is 2.34. The van der Waals surface area contributed by atoms with Gasteiger partial charge in [-0.25, -0.2) is 8.42 Å². The summed E-state index contributed by atoms with van der Waals surface area (Å²) in [6, 6.07) is 12.8. The number of nitrogens with one attached hydrogen (secondary N) is 1. The third kappa shape index (κ3) is 4.45. The summed E-state index contributed by atoms with van der Waals surface area (Å²) in [6.45, 7) is -0.295. The maximum absolute atomic E-state index is 13.6. The number of carbonyl (C=O) groups excluding carboxylic acids is 1. The molecule has 0 saturated heterocycles. The Morgan fingerprint density at radius 1 is 1.06 bits per heavy atom. The zero-order valence-corrected chi connectivity index (χ0v) is 20.2. The maximum Gasteiger partial charge on any atom is 0.264 e. The van der Waals surface area contributed by atoms with Crippen molar-refractivity contribution in [2.45, 2.75) is 49.0 Å². The second kappa shape index (κ2) is 8.51. The van der Waals surface area contributed by atoms with Crippen molar-refractivity contribution in [3.63, 3.8) is 0 Å². The van der Waals surface area contributed by atoms with Crippen LogP contribution in [0.1, 0.15) is 38.5 Å². The average molecular weight is 489 g/mol. The molecule has 4 bridgehead atoms. The van der Waals surface area contributed by atoms with Gasteiger partial charge in [0.05, 0.1) is 17.7 Å². The Hall–Kier alpha value is -2.25. The minimum absolute atomic E-state index is 0.0888. The summed E-state index contributed by atoms with van der Waals surface area (Å²) < 4.78 is 33.5. The van der Waals surface area contributed by atoms with Crippen molar-refractivity contribution in [3.05, 3.63) is 53.6 Å². The van der Waals surface area contributed by atoms with Gasteiger partial charge in [0.15, 0.2) is 0 Å². The number of halogens is 1. The van der Waals surface area contributed by atoms with Gasteiger partial charge in [-0.2, -0.15) is 0 Å². The first-order chi connectivity index (χ1) is 15.8. The highest BCUT2D eigenvalue weighted by atomic mass is 35.5. The van der Waals surface area contributed by atoms with Gasteiger partial charge < -0.3 is 10.1 Å². The number of hydrogen-bond donors (Lipinski definition) is 1. The zero-order chi connectivity index (χ0) is 23.2. The van der Waals surface area contributed by atoms with Crippen LogP contribution in [0.3, 0.4) is 0 Å². The average Bonchev–Trinajstić information content (AvgIpc) is 2.76. The van der Waals surface area contributed by atoms with Gasteiger partial charge in [-0.3, -0.25) is 9.10 Å². The molecule has 1 amide bonds. The van der Waals surface area contributed by atoms with Gasteiger partial charge in [0, 0.05) is 10.6 Å². The number of anilines is 1. The standard InChI is InChI=1S/C25H29ClN2O4S/c1-32-22-5-7-23(8-6-22)33(30,31)28(21-4-2-3-20(26)12-21)16-24(29)27-25-13-17-9-18(14-25)11-19(10-17)15-25/h2-8,12,17-19H,9-11,13-16H2,1H3,(H,27,29). The molecule has 0 heterocycles. The van der Waals surface area contributed by atoms with Crippen molar-refractivity contribution >= 4 is 33.2 Å². The van der Waals surface area contributed by atoms with Gasteiger partial charge in [0.2, 0.25) is 5.91 Å². The van der Waals surface area contributed by atoms with Crippen molar-refractivity contribution in [1.29, 1.82) is 0 Å². The highest BCUT2D eigenvalue weighted by Crippen LogP contribution is 2.55. The van der Waals surface area contributed by atoms with Crippen LogP contribution < -0.4 is 14.4 Å². The van der Waals surface area contributed by atoms with Gasteiger partial charge in [-0.15, -0.1) is 0 Å². The lowest BCUT2D eigenvalue weighted by molar-refractivity contribution is -0.125. The molecule has 0 aromatic heterocycles. The van der Waals surface area contributed by atoms with E-state index in [1.54, 1.807) is 36.4 Å². The third-order valence-corrected chi connectivity index (χ3v) is 9.50. The van der Waals surface area contributed by atoms with Crippen LogP contribution in [-0.4, -0.2) is 33.5 Å². The fraction of sp³-hybridized carbons (Fsp3) is 0.480. The summed E-state index contributed by atoms with van der Waals surface area (Å²) in [4.78, 5) is 13.4. The van der Waals surface area contributed by atoms with Crippen LogP contribution >= 0.6 is 11.6 Å². The second-order valence-electron chi connectivity index (χ2n) is 9.91. The van der Waals surface area contributed by atoms with E-state index < -0.39 is 10.0 Å². The van der Waals surface area contributed by atoms with E-state index >= 15 is 0 Å². The molecule has 2 aromatic rings. The molecule has 1 N–H and O–H groups in total. The first kappa shape index (κ1) is 22.5. The fourth-order valence-corrected chi connectivity index (χ4v) is 8.15. The van der Waals surface area contributed by atoms with Crippen molar-refractivity contribution in [2.75, 3.05) is 18.0 Å². The first-order valence-corrected chi connectivity index (χ1v) is 13.3. The quantitative estimate of drug-likeness (QED) is 0.616. The van der Waals surface area contributed by atoms with Crippen LogP contribution in [0.25, 0.3) is 0 Å². The summed E-state index contributed by atoms with van der Waals surface area (Å²) in [5, 5.41) is 3.69. The van der Waals surface area contributed by atoms with Gasteiger partial charge in [0.25, 0.3) is 10.0 Å². The van der Waals surface area contributed by atoms with Gasteiger partial charge in [-0.05, 0) is 98.7 Å². The Kier molecular flexibility index (Phi) is 5.81. The van der Waals surface area contributed by atoms with Gasteiger partial charge >= 0.3 is 0 Å². The lowest BCUT2D eigenvalue weighted by Gasteiger charge is -2.57. The zero-order valence-electron chi connectivity index (χ0n) is 18.7. The molecule has 2 aromatic carbocycles. The molecular weight excluding hydrogens is 460 g/mol. The van der Waals surface area contributed by atoms with E-state index in [0.717, 1.165) is 23.6 Å². The molecule has 0 unspecified atom stereocenters. The second-order valence-corrected chi connectivity index (χ2v) is 12.2. The van der Waals surface area contributed by atoms with E-state index in [2.05, 4.69) is 5.32 Å². The molecule has 4 saturated carbocycles. The molecule has 4 aliphatic rings. The number of rotatable bonds is 7. The molecule has 0 radical (unpaired) electrons. The third-order valence-electron chi connectivity index (χ3n) is 7.47. The van der Waals surface area contributed by atoms with Gasteiger partial charge in [-0.1, -0.05) is 17.7 Å². The van der Waals surface area contributed by atoms with E-state index in [1.165, 1.54) is 38.5 Å². The largest absolute Gasteiger partial charge is 0.497 e. The van der Waals surface area contributed by atoms with E-state index in [-0.39, 0.29) is 22.9 Å². The van der Waals surface area contributed by atoms with Crippen molar-refractivity contribution in [2.24, 2.45) is 17.8 Å². The van der Waals surface area contributed by atoms with Crippen LogP contribution in [0.5, 0.6) is 5.75 Å². The Morgan fingerprint density at radius 2 is 1.67 bits per heavy atom. The Labute approximate surface area is 200 Å². The smallest absolute Gasteiger partial charge is 0.264 e. The van der Waals surface area contributed by atoms with E-state index in [1.807, 2.05) is 0 Å². The molecule has 4 fully saturated rings. The topological polar surface area (TPSA) is 75.7 Å². The molecule has 0 atom stereocenters. The normalized spacial score (nSPS) is 27.9. The predicted molar refractivity (Wildman–Crippen MR) is 128 cm³/mol. The van der Waals surface area contributed by atoms with Crippen LogP contribution in [0, 0.1) is 17.8 Å². The number of amides is 1. The number of ether oxygens (including phenoxy) is 1. The van der Waals surface area contributed by atoms with Gasteiger partial charge in [0.1, 0.15) is 12.3 Å². The molecule has 0 spiro atoms. The molecule has 4 aliphatic carbocycles. The minimum Gasteiger partial charge on any atom is -0.497 e. The van der Waals surface area contributed by atoms with E-state index in [4.69, 9.17) is 16.3 Å². The Balaban J connectivity index is 1.42. The fourth-order valence-electron chi connectivity index (χ4n) is 6.55. The van der Waals surface area contributed by atoms with Crippen molar-refractivity contribution in [1.82, 2.24) is 5.32 Å². The van der Waals surface area contributed by atoms with Crippen LogP contribution in [0.15, 0.2) is 53.4 Å². The van der Waals surface area contributed by atoms with Crippen LogP contribution in [0.2, 0.25) is 5.02 Å². The molecular formula is C25H29ClN2O4S. The molecule has 6 rings (SSSR count). The Bertz CT molecular complexity index is 1110. The number of carbonyl (C=O) groups is 1. The molecule has 176 valence electrons. The summed E-state index contributed by atoms with van der Waals surface area (Å²) in [6.07, 6.45) is 6.84. The maximum atomic E-state index is 13.6. The van der Waals surface area contributed by atoms with E-state index in [0.29, 0.717) is 34.2 Å². The minimum atomic E-state index is -4.00. The number of nitrogens with zero attached hydrogens (tertiary/aromatic N) is 1. The Morgan fingerprint density at radius 3 is 2.21 bits per heavy atom. The molecule has 0 aliphatic heterocycles. The molecule has 8 heteroatoms. The number of sulfonamides is 1.